The molecule has 5 heterocycles. The van der Waals surface area contributed by atoms with Crippen LogP contribution in [0.2, 0.25) is 0 Å². The van der Waals surface area contributed by atoms with Crippen LogP contribution >= 0.6 is 11.3 Å². The van der Waals surface area contributed by atoms with E-state index in [4.69, 9.17) is 15.5 Å². The van der Waals surface area contributed by atoms with Crippen LogP contribution in [0.3, 0.4) is 0 Å². The van der Waals surface area contributed by atoms with Gasteiger partial charge in [0.25, 0.3) is 0 Å². The van der Waals surface area contributed by atoms with Crippen LogP contribution in [0.5, 0.6) is 0 Å². The van der Waals surface area contributed by atoms with Crippen molar-refractivity contribution in [2.24, 2.45) is 0 Å². The van der Waals surface area contributed by atoms with Gasteiger partial charge in [-0.3, -0.25) is 9.88 Å². The average molecular weight is 392 g/mol. The zero-order valence-corrected chi connectivity index (χ0v) is 16.1. The third kappa shape index (κ3) is 3.37. The Hall–Kier alpha value is -2.81. The minimum Gasteiger partial charge on any atom is -0.397 e. The van der Waals surface area contributed by atoms with Crippen molar-refractivity contribution in [3.63, 3.8) is 0 Å². The van der Waals surface area contributed by atoms with E-state index in [1.54, 1.807) is 28.2 Å². The number of rotatable bonds is 4. The van der Waals surface area contributed by atoms with Crippen molar-refractivity contribution in [3.05, 3.63) is 53.9 Å². The molecule has 5 rings (SSSR count). The highest BCUT2D eigenvalue weighted by atomic mass is 32.1. The summed E-state index contributed by atoms with van der Waals surface area (Å²) in [7, 11) is 0. The highest BCUT2D eigenvalue weighted by molar-refractivity contribution is 7.15. The first-order valence-corrected chi connectivity index (χ1v) is 10.0. The fraction of sp³-hybridized carbons (Fsp3) is 0.250. The van der Waals surface area contributed by atoms with E-state index in [0.717, 1.165) is 55.3 Å². The van der Waals surface area contributed by atoms with Crippen LogP contribution < -0.4 is 5.73 Å². The van der Waals surface area contributed by atoms with E-state index < -0.39 is 0 Å². The van der Waals surface area contributed by atoms with E-state index in [-0.39, 0.29) is 0 Å². The van der Waals surface area contributed by atoms with Gasteiger partial charge < -0.3 is 10.5 Å². The second-order valence-electron chi connectivity index (χ2n) is 6.80. The Balaban J connectivity index is 1.46. The van der Waals surface area contributed by atoms with Crippen molar-refractivity contribution in [1.29, 1.82) is 0 Å². The quantitative estimate of drug-likeness (QED) is 0.575. The molecule has 0 spiro atoms. The number of fused-ring (bicyclic) bond motifs is 1. The topological polar surface area (TPSA) is 81.6 Å². The predicted molar refractivity (Wildman–Crippen MR) is 110 cm³/mol. The molecule has 0 saturated carbocycles. The lowest BCUT2D eigenvalue weighted by atomic mass is 10.2. The Morgan fingerprint density at radius 3 is 2.86 bits per heavy atom. The fourth-order valence-electron chi connectivity index (χ4n) is 3.39. The third-order valence-corrected chi connectivity index (χ3v) is 5.94. The SMILES string of the molecule is Nc1cncc(-c2ccn3ncc(-c4ccc(CN5CCOCC5)s4)c3n2)c1. The molecule has 0 atom stereocenters. The van der Waals surface area contributed by atoms with E-state index in [9.17, 15) is 0 Å². The molecule has 0 radical (unpaired) electrons. The largest absolute Gasteiger partial charge is 0.397 e. The van der Waals surface area contributed by atoms with Crippen molar-refractivity contribution in [3.8, 4) is 21.7 Å². The van der Waals surface area contributed by atoms with Gasteiger partial charge in [-0.1, -0.05) is 0 Å². The number of nitrogens with zero attached hydrogens (tertiary/aromatic N) is 5. The van der Waals surface area contributed by atoms with Crippen molar-refractivity contribution in [2.45, 2.75) is 6.54 Å². The van der Waals surface area contributed by atoms with Gasteiger partial charge in [0, 0.05) is 53.5 Å². The fourth-order valence-corrected chi connectivity index (χ4v) is 4.44. The summed E-state index contributed by atoms with van der Waals surface area (Å²) in [5.74, 6) is 0. The van der Waals surface area contributed by atoms with Gasteiger partial charge in [-0.15, -0.1) is 11.3 Å². The second-order valence-corrected chi connectivity index (χ2v) is 7.97. The molecule has 7 nitrogen and oxygen atoms in total. The first kappa shape index (κ1) is 17.3. The number of ether oxygens (including phenoxy) is 1. The summed E-state index contributed by atoms with van der Waals surface area (Å²) < 4.78 is 7.24. The zero-order valence-electron chi connectivity index (χ0n) is 15.3. The van der Waals surface area contributed by atoms with Gasteiger partial charge in [-0.25, -0.2) is 9.50 Å². The number of nitrogen functional groups attached to an aromatic ring is 1. The second kappa shape index (κ2) is 7.31. The van der Waals surface area contributed by atoms with Crippen LogP contribution in [-0.2, 0) is 11.3 Å². The molecule has 1 saturated heterocycles. The molecule has 4 aromatic heterocycles. The standard InChI is InChI=1S/C20H20N6OS/c21-15-9-14(10-22-11-15)18-3-4-26-20(24-18)17(12-23-26)19-2-1-16(28-19)13-25-5-7-27-8-6-25/h1-4,9-12H,5-8,13,21H2. The van der Waals surface area contributed by atoms with Crippen molar-refractivity contribution >= 4 is 22.7 Å². The molecule has 0 unspecified atom stereocenters. The van der Waals surface area contributed by atoms with E-state index in [2.05, 4.69) is 27.1 Å². The molecular formula is C20H20N6OS. The van der Waals surface area contributed by atoms with E-state index in [0.29, 0.717) is 5.69 Å². The number of aromatic nitrogens is 4. The lowest BCUT2D eigenvalue weighted by Crippen LogP contribution is -2.35. The predicted octanol–water partition coefficient (Wildman–Crippen LogP) is 2.93. The summed E-state index contributed by atoms with van der Waals surface area (Å²) in [5, 5.41) is 4.47. The molecule has 4 aromatic rings. The number of hydrogen-bond donors (Lipinski definition) is 1. The van der Waals surface area contributed by atoms with E-state index in [1.807, 2.05) is 24.5 Å². The van der Waals surface area contributed by atoms with E-state index in [1.165, 1.54) is 9.75 Å². The number of morpholine rings is 1. The van der Waals surface area contributed by atoms with Gasteiger partial charge in [-0.05, 0) is 24.3 Å². The molecule has 8 heteroatoms. The number of pyridine rings is 1. The number of anilines is 1. The van der Waals surface area contributed by atoms with Crippen LogP contribution in [0.1, 0.15) is 4.88 Å². The summed E-state index contributed by atoms with van der Waals surface area (Å²) >= 11 is 1.80. The van der Waals surface area contributed by atoms with Crippen LogP contribution in [0.25, 0.3) is 27.3 Å². The lowest BCUT2D eigenvalue weighted by molar-refractivity contribution is 0.0346. The smallest absolute Gasteiger partial charge is 0.164 e. The van der Waals surface area contributed by atoms with Crippen LogP contribution in [0, 0.1) is 0 Å². The maximum atomic E-state index is 5.87. The minimum atomic E-state index is 0.624. The molecule has 28 heavy (non-hydrogen) atoms. The Kier molecular flexibility index (Phi) is 4.52. The number of thiophene rings is 1. The molecule has 0 aromatic carbocycles. The van der Waals surface area contributed by atoms with Gasteiger partial charge in [-0.2, -0.15) is 5.10 Å². The first-order valence-electron chi connectivity index (χ1n) is 9.21. The molecule has 2 N–H and O–H groups in total. The van der Waals surface area contributed by atoms with Gasteiger partial charge in [0.15, 0.2) is 5.65 Å². The van der Waals surface area contributed by atoms with Crippen molar-refractivity contribution in [1.82, 2.24) is 24.5 Å². The minimum absolute atomic E-state index is 0.624. The van der Waals surface area contributed by atoms with Gasteiger partial charge >= 0.3 is 0 Å². The van der Waals surface area contributed by atoms with E-state index >= 15 is 0 Å². The first-order chi connectivity index (χ1) is 13.8. The van der Waals surface area contributed by atoms with Gasteiger partial charge in [0.2, 0.25) is 0 Å². The van der Waals surface area contributed by atoms with Gasteiger partial charge in [0.1, 0.15) is 0 Å². The maximum Gasteiger partial charge on any atom is 0.164 e. The third-order valence-electron chi connectivity index (χ3n) is 4.83. The Morgan fingerprint density at radius 1 is 1.11 bits per heavy atom. The average Bonchev–Trinajstić information content (AvgIpc) is 3.35. The van der Waals surface area contributed by atoms with Crippen LogP contribution in [-0.4, -0.2) is 50.8 Å². The zero-order chi connectivity index (χ0) is 18.9. The Labute approximate surface area is 166 Å². The Morgan fingerprint density at radius 2 is 2.00 bits per heavy atom. The number of nitrogens with two attached hydrogens (primary N) is 1. The lowest BCUT2D eigenvalue weighted by Gasteiger charge is -2.25. The summed E-state index contributed by atoms with van der Waals surface area (Å²) in [5.41, 5.74) is 10.1. The molecule has 142 valence electrons. The Bertz CT molecular complexity index is 1110. The van der Waals surface area contributed by atoms with Crippen LogP contribution in [0.15, 0.2) is 49.1 Å². The summed E-state index contributed by atoms with van der Waals surface area (Å²) in [6.07, 6.45) is 7.21. The highest BCUT2D eigenvalue weighted by Gasteiger charge is 2.15. The highest BCUT2D eigenvalue weighted by Crippen LogP contribution is 2.32. The summed E-state index contributed by atoms with van der Waals surface area (Å²) in [6.45, 7) is 4.57. The summed E-state index contributed by atoms with van der Waals surface area (Å²) in [6, 6.07) is 8.17. The van der Waals surface area contributed by atoms with Gasteiger partial charge in [0.05, 0.1) is 36.4 Å². The normalized spacial score (nSPS) is 15.3. The molecule has 0 aliphatic carbocycles. The van der Waals surface area contributed by atoms with Crippen LogP contribution in [0.4, 0.5) is 5.69 Å². The molecule has 1 fully saturated rings. The van der Waals surface area contributed by atoms with Crippen molar-refractivity contribution in [2.75, 3.05) is 32.0 Å². The molecule has 0 bridgehead atoms. The molecule has 1 aliphatic rings. The molecule has 0 amide bonds. The monoisotopic (exact) mass is 392 g/mol. The maximum absolute atomic E-state index is 5.87. The summed E-state index contributed by atoms with van der Waals surface area (Å²) in [4.78, 5) is 13.9. The van der Waals surface area contributed by atoms with Crippen molar-refractivity contribution < 1.29 is 4.74 Å². The molecular weight excluding hydrogens is 372 g/mol. The number of hydrogen-bond acceptors (Lipinski definition) is 7. The molecule has 1 aliphatic heterocycles.